The van der Waals surface area contributed by atoms with E-state index in [0.29, 0.717) is 3.57 Å². The van der Waals surface area contributed by atoms with E-state index in [1.54, 1.807) is 12.1 Å². The highest BCUT2D eigenvalue weighted by Crippen LogP contribution is 2.27. The van der Waals surface area contributed by atoms with Gasteiger partial charge in [-0.1, -0.05) is 6.92 Å². The summed E-state index contributed by atoms with van der Waals surface area (Å²) in [5.74, 6) is 0. The zero-order valence-corrected chi connectivity index (χ0v) is 11.5. The molecular weight excluding hydrogens is 349 g/mol. The van der Waals surface area contributed by atoms with E-state index < -0.39 is 9.05 Å². The Bertz CT molecular complexity index is 534. The highest BCUT2D eigenvalue weighted by Gasteiger charge is 2.20. The van der Waals surface area contributed by atoms with Crippen LogP contribution in [0.4, 0.5) is 0 Å². The molecule has 0 spiro atoms. The zero-order chi connectivity index (χ0) is 11.6. The molecule has 0 unspecified atom stereocenters. The quantitative estimate of drug-likeness (QED) is 0.605. The van der Waals surface area contributed by atoms with Gasteiger partial charge in [0.1, 0.15) is 11.0 Å². The molecule has 0 saturated carbocycles. The van der Waals surface area contributed by atoms with Gasteiger partial charge in [0.25, 0.3) is 9.05 Å². The van der Waals surface area contributed by atoms with E-state index in [1.165, 1.54) is 0 Å². The Labute approximate surface area is 107 Å². The van der Waals surface area contributed by atoms with Gasteiger partial charge in [0.15, 0.2) is 0 Å². The number of benzene rings is 1. The molecule has 15 heavy (non-hydrogen) atoms. The second kappa shape index (κ2) is 4.68. The first-order valence-electron chi connectivity index (χ1n) is 4.07. The number of aryl methyl sites for hydroxylation is 1. The van der Waals surface area contributed by atoms with Gasteiger partial charge in [-0.15, -0.1) is 0 Å². The van der Waals surface area contributed by atoms with E-state index in [4.69, 9.17) is 15.9 Å². The first-order chi connectivity index (χ1) is 6.90. The first-order valence-corrected chi connectivity index (χ1v) is 7.46. The van der Waals surface area contributed by atoms with Gasteiger partial charge in [0.2, 0.25) is 0 Å². The summed E-state index contributed by atoms with van der Waals surface area (Å²) < 4.78 is 23.0. The molecule has 0 heterocycles. The fraction of sp³-hybridized carbons (Fsp3) is 0.222. The fourth-order valence-electron chi connectivity index (χ4n) is 1.18. The molecule has 6 heteroatoms. The maximum atomic E-state index is 11.2. The van der Waals surface area contributed by atoms with Crippen LogP contribution < -0.4 is 0 Å². The van der Waals surface area contributed by atoms with Gasteiger partial charge in [0.05, 0.1) is 5.56 Å². The van der Waals surface area contributed by atoms with Crippen molar-refractivity contribution in [1.29, 1.82) is 5.26 Å². The van der Waals surface area contributed by atoms with Crippen molar-refractivity contribution < 1.29 is 8.42 Å². The summed E-state index contributed by atoms with van der Waals surface area (Å²) in [6.07, 6.45) is 0.743. The molecule has 0 saturated heterocycles. The van der Waals surface area contributed by atoms with E-state index in [1.807, 2.05) is 35.6 Å². The second-order valence-corrected chi connectivity index (χ2v) is 6.52. The highest BCUT2D eigenvalue weighted by atomic mass is 127. The van der Waals surface area contributed by atoms with Crippen LogP contribution in [0.15, 0.2) is 17.0 Å². The van der Waals surface area contributed by atoms with Gasteiger partial charge in [0, 0.05) is 14.3 Å². The van der Waals surface area contributed by atoms with Crippen LogP contribution in [0.2, 0.25) is 0 Å². The minimum absolute atomic E-state index is 0.0931. The SMILES string of the molecule is CCc1cc(I)c(S(=O)(=O)Cl)c(C#N)c1. The molecule has 0 aliphatic rings. The topological polar surface area (TPSA) is 57.9 Å². The Morgan fingerprint density at radius 3 is 2.53 bits per heavy atom. The van der Waals surface area contributed by atoms with Gasteiger partial charge in [-0.3, -0.25) is 0 Å². The number of hydrogen-bond donors (Lipinski definition) is 0. The van der Waals surface area contributed by atoms with Crippen molar-refractivity contribution in [2.24, 2.45) is 0 Å². The predicted octanol–water partition coefficient (Wildman–Crippen LogP) is 2.65. The molecule has 80 valence electrons. The van der Waals surface area contributed by atoms with Crippen molar-refractivity contribution in [3.63, 3.8) is 0 Å². The molecule has 0 radical (unpaired) electrons. The van der Waals surface area contributed by atoms with Gasteiger partial charge in [-0.05, 0) is 46.7 Å². The van der Waals surface area contributed by atoms with E-state index in [9.17, 15) is 8.42 Å². The summed E-state index contributed by atoms with van der Waals surface area (Å²) in [6.45, 7) is 1.93. The van der Waals surface area contributed by atoms with Crippen LogP contribution in [0.5, 0.6) is 0 Å². The highest BCUT2D eigenvalue weighted by molar-refractivity contribution is 14.1. The Hall–Kier alpha value is -0.320. The number of rotatable bonds is 2. The molecule has 0 bridgehead atoms. The van der Waals surface area contributed by atoms with Crippen molar-refractivity contribution in [2.75, 3.05) is 0 Å². The molecule has 0 aromatic heterocycles. The van der Waals surface area contributed by atoms with Crippen LogP contribution in [-0.4, -0.2) is 8.42 Å². The number of halogens is 2. The van der Waals surface area contributed by atoms with Crippen LogP contribution in [0.1, 0.15) is 18.1 Å². The summed E-state index contributed by atoms with van der Waals surface area (Å²) in [7, 11) is 1.40. The fourth-order valence-corrected chi connectivity index (χ4v) is 4.29. The van der Waals surface area contributed by atoms with Gasteiger partial charge >= 0.3 is 0 Å². The van der Waals surface area contributed by atoms with Crippen LogP contribution in [0, 0.1) is 14.9 Å². The van der Waals surface area contributed by atoms with E-state index in [0.717, 1.165) is 12.0 Å². The number of hydrogen-bond acceptors (Lipinski definition) is 3. The largest absolute Gasteiger partial charge is 0.263 e. The minimum atomic E-state index is -3.86. The lowest BCUT2D eigenvalue weighted by Gasteiger charge is -2.05. The van der Waals surface area contributed by atoms with E-state index in [2.05, 4.69) is 0 Å². The molecule has 1 rings (SSSR count). The predicted molar refractivity (Wildman–Crippen MR) is 66.3 cm³/mol. The smallest absolute Gasteiger partial charge is 0.207 e. The molecular formula is C9H7ClINO2S. The number of nitrogens with zero attached hydrogens (tertiary/aromatic N) is 1. The van der Waals surface area contributed by atoms with Gasteiger partial charge < -0.3 is 0 Å². The van der Waals surface area contributed by atoms with Crippen molar-refractivity contribution in [3.05, 3.63) is 26.8 Å². The van der Waals surface area contributed by atoms with Gasteiger partial charge in [-0.25, -0.2) is 8.42 Å². The first kappa shape index (κ1) is 12.7. The Balaban J connectivity index is 3.61. The average molecular weight is 356 g/mol. The third kappa shape index (κ3) is 2.83. The Kier molecular flexibility index (Phi) is 3.98. The van der Waals surface area contributed by atoms with Gasteiger partial charge in [-0.2, -0.15) is 5.26 Å². The summed E-state index contributed by atoms with van der Waals surface area (Å²) in [5, 5.41) is 8.85. The lowest BCUT2D eigenvalue weighted by atomic mass is 10.1. The molecule has 1 aromatic carbocycles. The van der Waals surface area contributed by atoms with Crippen LogP contribution in [0.25, 0.3) is 0 Å². The Morgan fingerprint density at radius 1 is 1.53 bits per heavy atom. The minimum Gasteiger partial charge on any atom is -0.207 e. The molecule has 3 nitrogen and oxygen atoms in total. The van der Waals surface area contributed by atoms with Crippen molar-refractivity contribution in [1.82, 2.24) is 0 Å². The van der Waals surface area contributed by atoms with Crippen LogP contribution in [-0.2, 0) is 15.5 Å². The average Bonchev–Trinajstić information content (AvgIpc) is 2.14. The van der Waals surface area contributed by atoms with Crippen molar-refractivity contribution >= 4 is 42.3 Å². The standard InChI is InChI=1S/C9H7ClINO2S/c1-2-6-3-7(5-12)9(8(11)4-6)15(10,13)14/h3-4H,2H2,1H3. The second-order valence-electron chi connectivity index (χ2n) is 2.86. The zero-order valence-electron chi connectivity index (χ0n) is 7.79. The molecule has 0 aliphatic heterocycles. The lowest BCUT2D eigenvalue weighted by molar-refractivity contribution is 0.609. The summed E-state index contributed by atoms with van der Waals surface area (Å²) in [6, 6.07) is 5.12. The Morgan fingerprint density at radius 2 is 2.13 bits per heavy atom. The third-order valence-electron chi connectivity index (χ3n) is 1.88. The molecule has 0 aliphatic carbocycles. The third-order valence-corrected chi connectivity index (χ3v) is 4.48. The van der Waals surface area contributed by atoms with Crippen molar-refractivity contribution in [2.45, 2.75) is 18.2 Å². The normalized spacial score (nSPS) is 11.1. The maximum absolute atomic E-state index is 11.2. The van der Waals surface area contributed by atoms with Crippen LogP contribution >= 0.6 is 33.3 Å². The molecule has 0 amide bonds. The molecule has 0 N–H and O–H groups in total. The van der Waals surface area contributed by atoms with E-state index in [-0.39, 0.29) is 10.5 Å². The summed E-state index contributed by atoms with van der Waals surface area (Å²) in [4.78, 5) is -0.0931. The van der Waals surface area contributed by atoms with E-state index >= 15 is 0 Å². The molecule has 0 atom stereocenters. The summed E-state index contributed by atoms with van der Waals surface area (Å²) in [5.41, 5.74) is 1.02. The molecule has 1 aromatic rings. The molecule has 0 fully saturated rings. The van der Waals surface area contributed by atoms with Crippen molar-refractivity contribution in [3.8, 4) is 6.07 Å². The lowest BCUT2D eigenvalue weighted by Crippen LogP contribution is -2.00. The monoisotopic (exact) mass is 355 g/mol. The maximum Gasteiger partial charge on any atom is 0.263 e. The summed E-state index contributed by atoms with van der Waals surface area (Å²) >= 11 is 1.87. The van der Waals surface area contributed by atoms with Crippen LogP contribution in [0.3, 0.4) is 0 Å². The number of nitriles is 1.